The van der Waals surface area contributed by atoms with Crippen molar-refractivity contribution < 1.29 is 49.5 Å². The molecular formula is C10H12N2O12. The lowest BCUT2D eigenvalue weighted by Crippen LogP contribution is -2.66. The van der Waals surface area contributed by atoms with Gasteiger partial charge in [-0.2, -0.15) is 0 Å². The van der Waals surface area contributed by atoms with E-state index in [1.165, 1.54) is 0 Å². The predicted octanol–water partition coefficient (Wildman–Crippen LogP) is -1.08. The Labute approximate surface area is 131 Å². The molecule has 0 aromatic rings. The van der Waals surface area contributed by atoms with Gasteiger partial charge < -0.3 is 20.4 Å². The summed E-state index contributed by atoms with van der Waals surface area (Å²) in [4.78, 5) is 63.3. The van der Waals surface area contributed by atoms with Gasteiger partial charge in [0.1, 0.15) is 25.7 Å². The number of aliphatic carboxylic acids is 4. The lowest BCUT2D eigenvalue weighted by atomic mass is 9.69. The topological polar surface area (TPSA) is 235 Å². The molecule has 0 aromatic carbocycles. The molecule has 0 saturated carbocycles. The van der Waals surface area contributed by atoms with Crippen LogP contribution in [-0.4, -0.2) is 65.2 Å². The third-order valence-electron chi connectivity index (χ3n) is 3.34. The standard InChI is InChI=1S/C10H12N2O12/c13-5(14)1-9(11(21)22,2-6(15)16)10(12(23)24,3-7(17)18)4-8(19)20/h1-4H2,(H,13,14)(H,15,16)(H,17,18)(H,19,20). The summed E-state index contributed by atoms with van der Waals surface area (Å²) < 4.78 is 0. The van der Waals surface area contributed by atoms with Gasteiger partial charge in [-0.25, -0.2) is 0 Å². The van der Waals surface area contributed by atoms with Gasteiger partial charge in [0.25, 0.3) is 0 Å². The number of nitro groups is 2. The number of hydrogen-bond acceptors (Lipinski definition) is 8. The van der Waals surface area contributed by atoms with Gasteiger partial charge in [-0.15, -0.1) is 0 Å². The van der Waals surface area contributed by atoms with Gasteiger partial charge in [-0.3, -0.25) is 39.4 Å². The largest absolute Gasteiger partial charge is 0.481 e. The van der Waals surface area contributed by atoms with Gasteiger partial charge in [0.05, 0.1) is 0 Å². The van der Waals surface area contributed by atoms with Crippen LogP contribution in [0.2, 0.25) is 0 Å². The maximum atomic E-state index is 11.4. The smallest absolute Gasteiger partial charge is 0.312 e. The Bertz CT molecular complexity index is 513. The minimum Gasteiger partial charge on any atom is -0.481 e. The highest BCUT2D eigenvalue weighted by atomic mass is 16.7. The van der Waals surface area contributed by atoms with Crippen LogP contribution in [-0.2, 0) is 19.2 Å². The molecule has 24 heavy (non-hydrogen) atoms. The second-order valence-corrected chi connectivity index (χ2v) is 4.86. The molecule has 134 valence electrons. The second kappa shape index (κ2) is 7.30. The molecule has 0 aliphatic rings. The van der Waals surface area contributed by atoms with Crippen LogP contribution in [0.3, 0.4) is 0 Å². The van der Waals surface area contributed by atoms with Crippen molar-refractivity contribution in [2.24, 2.45) is 0 Å². The van der Waals surface area contributed by atoms with Gasteiger partial charge in [-0.1, -0.05) is 0 Å². The Balaban J connectivity index is 6.81. The van der Waals surface area contributed by atoms with E-state index >= 15 is 0 Å². The van der Waals surface area contributed by atoms with Crippen molar-refractivity contribution in [1.82, 2.24) is 0 Å². The lowest BCUT2D eigenvalue weighted by Gasteiger charge is -2.33. The van der Waals surface area contributed by atoms with Crippen LogP contribution >= 0.6 is 0 Å². The van der Waals surface area contributed by atoms with E-state index in [4.69, 9.17) is 20.4 Å². The second-order valence-electron chi connectivity index (χ2n) is 4.86. The molecule has 0 unspecified atom stereocenters. The minimum atomic E-state index is -3.50. The first-order valence-corrected chi connectivity index (χ1v) is 5.97. The van der Waals surface area contributed by atoms with Crippen LogP contribution in [0.25, 0.3) is 0 Å². The molecule has 0 radical (unpaired) electrons. The van der Waals surface area contributed by atoms with Gasteiger partial charge >= 0.3 is 35.0 Å². The monoisotopic (exact) mass is 352 g/mol. The van der Waals surface area contributed by atoms with Crippen LogP contribution in [0.1, 0.15) is 25.7 Å². The van der Waals surface area contributed by atoms with E-state index in [-0.39, 0.29) is 0 Å². The Hall–Kier alpha value is -3.32. The van der Waals surface area contributed by atoms with Crippen molar-refractivity contribution in [1.29, 1.82) is 0 Å². The minimum absolute atomic E-state index is 1.61. The molecule has 0 heterocycles. The number of carbonyl (C=O) groups is 4. The van der Waals surface area contributed by atoms with Crippen LogP contribution < -0.4 is 0 Å². The van der Waals surface area contributed by atoms with Crippen molar-refractivity contribution in [3.8, 4) is 0 Å². The summed E-state index contributed by atoms with van der Waals surface area (Å²) in [6, 6.07) is 0. The highest BCUT2D eigenvalue weighted by molar-refractivity contribution is 5.77. The fourth-order valence-electron chi connectivity index (χ4n) is 2.38. The number of carboxylic acids is 4. The van der Waals surface area contributed by atoms with Gasteiger partial charge in [0.2, 0.25) is 0 Å². The number of hydrogen-bond donors (Lipinski definition) is 4. The maximum Gasteiger partial charge on any atom is 0.312 e. The summed E-state index contributed by atoms with van der Waals surface area (Å²) in [5.74, 6) is -8.13. The number of rotatable bonds is 11. The molecule has 14 heteroatoms. The van der Waals surface area contributed by atoms with Crippen LogP contribution in [0.4, 0.5) is 0 Å². The molecule has 0 spiro atoms. The van der Waals surface area contributed by atoms with E-state index in [9.17, 15) is 39.4 Å². The number of nitrogens with zero attached hydrogens (tertiary/aromatic N) is 2. The SMILES string of the molecule is O=C(O)CC(CC(=O)O)([N+](=O)[O-])C(CC(=O)O)(CC(=O)O)[N+](=O)[O-]. The normalized spacial score (nSPS) is 11.5. The fraction of sp³-hybridized carbons (Fsp3) is 0.600. The average molecular weight is 352 g/mol. The molecule has 0 amide bonds. The van der Waals surface area contributed by atoms with Crippen LogP contribution in [0.5, 0.6) is 0 Å². The Morgan fingerprint density at radius 2 is 0.792 bits per heavy atom. The summed E-state index contributed by atoms with van der Waals surface area (Å²) in [6.45, 7) is 0. The van der Waals surface area contributed by atoms with E-state index in [1.807, 2.05) is 0 Å². The Kier molecular flexibility index (Phi) is 6.29. The quantitative estimate of drug-likeness (QED) is 0.256. The zero-order chi connectivity index (χ0) is 19.3. The van der Waals surface area contributed by atoms with Crippen molar-refractivity contribution in [3.05, 3.63) is 20.2 Å². The van der Waals surface area contributed by atoms with Gasteiger partial charge in [-0.05, 0) is 0 Å². The fourth-order valence-corrected chi connectivity index (χ4v) is 2.38. The van der Waals surface area contributed by atoms with Crippen molar-refractivity contribution in [2.75, 3.05) is 0 Å². The van der Waals surface area contributed by atoms with Crippen molar-refractivity contribution in [3.63, 3.8) is 0 Å². The molecule has 0 atom stereocenters. The average Bonchev–Trinajstić information content (AvgIpc) is 2.33. The molecule has 0 fully saturated rings. The zero-order valence-electron chi connectivity index (χ0n) is 11.8. The van der Waals surface area contributed by atoms with Crippen molar-refractivity contribution in [2.45, 2.75) is 36.8 Å². The molecule has 4 N–H and O–H groups in total. The first kappa shape index (κ1) is 20.7. The van der Waals surface area contributed by atoms with E-state index in [0.29, 0.717) is 0 Å². The predicted molar refractivity (Wildman–Crippen MR) is 68.5 cm³/mol. The van der Waals surface area contributed by atoms with Crippen molar-refractivity contribution >= 4 is 23.9 Å². The molecule has 14 nitrogen and oxygen atoms in total. The number of carboxylic acid groups (broad SMARTS) is 4. The molecule has 0 saturated heterocycles. The van der Waals surface area contributed by atoms with Gasteiger partial charge in [0.15, 0.2) is 0 Å². The summed E-state index contributed by atoms with van der Waals surface area (Å²) in [5, 5.41) is 58.0. The molecule has 0 aliphatic heterocycles. The Morgan fingerprint density at radius 3 is 0.875 bits per heavy atom. The van der Waals surface area contributed by atoms with E-state index in [0.717, 1.165) is 0 Å². The maximum absolute atomic E-state index is 11.4. The van der Waals surface area contributed by atoms with E-state index in [2.05, 4.69) is 0 Å². The van der Waals surface area contributed by atoms with Gasteiger partial charge in [0, 0.05) is 9.85 Å². The van der Waals surface area contributed by atoms with Crippen LogP contribution in [0.15, 0.2) is 0 Å². The first-order chi connectivity index (χ1) is 10.8. The molecule has 0 aliphatic carbocycles. The third kappa shape index (κ3) is 4.11. The summed E-state index contributed by atoms with van der Waals surface area (Å²) in [7, 11) is 0. The molecule has 0 bridgehead atoms. The molecular weight excluding hydrogens is 340 g/mol. The summed E-state index contributed by atoms with van der Waals surface area (Å²) in [6.07, 6.45) is -7.02. The molecule has 0 aromatic heterocycles. The Morgan fingerprint density at radius 1 is 0.625 bits per heavy atom. The zero-order valence-corrected chi connectivity index (χ0v) is 11.8. The highest BCUT2D eigenvalue weighted by Gasteiger charge is 2.74. The van der Waals surface area contributed by atoms with E-state index < -0.39 is 70.5 Å². The van der Waals surface area contributed by atoms with Crippen LogP contribution in [0, 0.1) is 20.2 Å². The third-order valence-corrected chi connectivity index (χ3v) is 3.34. The first-order valence-electron chi connectivity index (χ1n) is 5.97. The summed E-state index contributed by atoms with van der Waals surface area (Å²) >= 11 is 0. The van der Waals surface area contributed by atoms with E-state index in [1.54, 1.807) is 0 Å². The summed E-state index contributed by atoms with van der Waals surface area (Å²) in [5.41, 5.74) is -6.99. The molecule has 0 rings (SSSR count). The highest BCUT2D eigenvalue weighted by Crippen LogP contribution is 2.41. The lowest BCUT2D eigenvalue weighted by molar-refractivity contribution is -0.684.